The van der Waals surface area contributed by atoms with Crippen molar-refractivity contribution in [3.05, 3.63) is 0 Å². The molecule has 0 rings (SSSR count). The van der Waals surface area contributed by atoms with Gasteiger partial charge in [0.2, 0.25) is 6.29 Å². The standard InChI is InChI=1S/C6H13NO4/c1-4(7)9-6(3)11-10-5(2)8/h4,6H,7H2,1-3H3. The number of rotatable bonds is 4. The van der Waals surface area contributed by atoms with Gasteiger partial charge in [-0.25, -0.2) is 4.79 Å². The Morgan fingerprint density at radius 3 is 2.36 bits per heavy atom. The van der Waals surface area contributed by atoms with Crippen molar-refractivity contribution in [3.63, 3.8) is 0 Å². The highest BCUT2D eigenvalue weighted by Crippen LogP contribution is 1.96. The van der Waals surface area contributed by atoms with Crippen LogP contribution >= 0.6 is 0 Å². The molecule has 11 heavy (non-hydrogen) atoms. The smallest absolute Gasteiger partial charge is 0.331 e. The molecule has 5 heteroatoms. The molecule has 0 fully saturated rings. The third kappa shape index (κ3) is 7.24. The predicted molar refractivity (Wildman–Crippen MR) is 37.0 cm³/mol. The van der Waals surface area contributed by atoms with E-state index in [1.165, 1.54) is 6.92 Å². The first kappa shape index (κ1) is 10.3. The van der Waals surface area contributed by atoms with Gasteiger partial charge in [0.25, 0.3) is 0 Å². The third-order valence-electron chi connectivity index (χ3n) is 0.707. The van der Waals surface area contributed by atoms with Gasteiger partial charge in [0.15, 0.2) is 0 Å². The van der Waals surface area contributed by atoms with E-state index in [1.807, 2.05) is 0 Å². The summed E-state index contributed by atoms with van der Waals surface area (Å²) in [5, 5.41) is 0. The molecule has 5 nitrogen and oxygen atoms in total. The van der Waals surface area contributed by atoms with Gasteiger partial charge < -0.3 is 10.5 Å². The van der Waals surface area contributed by atoms with E-state index in [0.717, 1.165) is 0 Å². The maximum absolute atomic E-state index is 10.2. The van der Waals surface area contributed by atoms with E-state index in [9.17, 15) is 4.79 Å². The van der Waals surface area contributed by atoms with Gasteiger partial charge in [-0.05, 0) is 13.8 Å². The fourth-order valence-electron chi connectivity index (χ4n) is 0.460. The molecular formula is C6H13NO4. The molecule has 0 aliphatic heterocycles. The number of hydrogen-bond donors (Lipinski definition) is 1. The molecule has 0 spiro atoms. The summed E-state index contributed by atoms with van der Waals surface area (Å²) in [4.78, 5) is 18.8. The monoisotopic (exact) mass is 163 g/mol. The minimum atomic E-state index is -0.640. The molecule has 0 saturated heterocycles. The summed E-state index contributed by atoms with van der Waals surface area (Å²) in [6.45, 7) is 4.46. The Morgan fingerprint density at radius 1 is 1.45 bits per heavy atom. The molecule has 2 atom stereocenters. The molecule has 0 amide bonds. The molecule has 0 heterocycles. The maximum Gasteiger partial charge on any atom is 0.339 e. The molecule has 0 aromatic rings. The topological polar surface area (TPSA) is 70.8 Å². The van der Waals surface area contributed by atoms with E-state index in [4.69, 9.17) is 10.5 Å². The van der Waals surface area contributed by atoms with Gasteiger partial charge in [-0.15, -0.1) is 0 Å². The van der Waals surface area contributed by atoms with Crippen molar-refractivity contribution in [1.29, 1.82) is 0 Å². The van der Waals surface area contributed by atoms with Gasteiger partial charge in [-0.3, -0.25) is 4.89 Å². The average molecular weight is 163 g/mol. The molecule has 0 aromatic carbocycles. The van der Waals surface area contributed by atoms with E-state index in [2.05, 4.69) is 9.78 Å². The van der Waals surface area contributed by atoms with Crippen molar-refractivity contribution in [1.82, 2.24) is 0 Å². The van der Waals surface area contributed by atoms with Crippen LogP contribution in [0.2, 0.25) is 0 Å². The summed E-state index contributed by atoms with van der Waals surface area (Å²) in [5.74, 6) is -0.523. The van der Waals surface area contributed by atoms with Crippen LogP contribution in [0.15, 0.2) is 0 Å². The Balaban J connectivity index is 3.37. The van der Waals surface area contributed by atoms with Crippen LogP contribution in [0.25, 0.3) is 0 Å². The number of nitrogens with two attached hydrogens (primary N) is 1. The highest BCUT2D eigenvalue weighted by Gasteiger charge is 2.06. The van der Waals surface area contributed by atoms with Gasteiger partial charge in [0.05, 0.1) is 0 Å². The van der Waals surface area contributed by atoms with Crippen molar-refractivity contribution in [3.8, 4) is 0 Å². The van der Waals surface area contributed by atoms with Crippen molar-refractivity contribution < 1.29 is 19.3 Å². The quantitative estimate of drug-likeness (QED) is 0.363. The molecule has 0 bridgehead atoms. The van der Waals surface area contributed by atoms with Gasteiger partial charge >= 0.3 is 5.97 Å². The fourth-order valence-corrected chi connectivity index (χ4v) is 0.460. The molecule has 0 aliphatic rings. The maximum atomic E-state index is 10.2. The second kappa shape index (κ2) is 5.06. The van der Waals surface area contributed by atoms with E-state index < -0.39 is 18.5 Å². The van der Waals surface area contributed by atoms with Crippen LogP contribution in [0.5, 0.6) is 0 Å². The Bertz CT molecular complexity index is 126. The summed E-state index contributed by atoms with van der Waals surface area (Å²) in [6, 6.07) is 0. The van der Waals surface area contributed by atoms with Crippen LogP contribution in [0, 0.1) is 0 Å². The molecular weight excluding hydrogens is 150 g/mol. The summed E-state index contributed by atoms with van der Waals surface area (Å²) in [5.41, 5.74) is 5.26. The minimum absolute atomic E-state index is 0.444. The first-order chi connectivity index (χ1) is 5.02. The molecule has 0 aliphatic carbocycles. The lowest BCUT2D eigenvalue weighted by Gasteiger charge is -2.13. The first-order valence-electron chi connectivity index (χ1n) is 3.27. The zero-order valence-corrected chi connectivity index (χ0v) is 6.87. The highest BCUT2D eigenvalue weighted by atomic mass is 17.2. The lowest BCUT2D eigenvalue weighted by molar-refractivity contribution is -0.351. The van der Waals surface area contributed by atoms with E-state index in [-0.39, 0.29) is 0 Å². The highest BCUT2D eigenvalue weighted by molar-refractivity contribution is 5.65. The molecule has 66 valence electrons. The van der Waals surface area contributed by atoms with Crippen LogP contribution in [-0.2, 0) is 19.3 Å². The van der Waals surface area contributed by atoms with Crippen LogP contribution < -0.4 is 5.73 Å². The zero-order chi connectivity index (χ0) is 8.85. The van der Waals surface area contributed by atoms with Crippen LogP contribution in [0.4, 0.5) is 0 Å². The van der Waals surface area contributed by atoms with E-state index >= 15 is 0 Å². The zero-order valence-electron chi connectivity index (χ0n) is 6.87. The van der Waals surface area contributed by atoms with Crippen LogP contribution in [-0.4, -0.2) is 18.5 Å². The normalized spacial score (nSPS) is 15.6. The van der Waals surface area contributed by atoms with Crippen LogP contribution in [0.3, 0.4) is 0 Å². The average Bonchev–Trinajstić information content (AvgIpc) is 1.82. The SMILES string of the molecule is CC(=O)OOC(C)OC(C)N. The van der Waals surface area contributed by atoms with Crippen molar-refractivity contribution >= 4 is 5.97 Å². The molecule has 0 saturated carbocycles. The predicted octanol–water partition coefficient (Wildman–Crippen LogP) is 0.148. The molecule has 0 aromatic heterocycles. The molecule has 2 N–H and O–H groups in total. The van der Waals surface area contributed by atoms with Gasteiger partial charge in [-0.1, -0.05) is 0 Å². The Hall–Kier alpha value is -0.650. The van der Waals surface area contributed by atoms with Crippen molar-refractivity contribution in [2.75, 3.05) is 0 Å². The van der Waals surface area contributed by atoms with Crippen molar-refractivity contribution in [2.45, 2.75) is 33.3 Å². The van der Waals surface area contributed by atoms with Gasteiger partial charge in [-0.2, -0.15) is 4.89 Å². The lowest BCUT2D eigenvalue weighted by atomic mass is 10.6. The van der Waals surface area contributed by atoms with Gasteiger partial charge in [0.1, 0.15) is 6.23 Å². The molecule has 2 unspecified atom stereocenters. The summed E-state index contributed by atoms with van der Waals surface area (Å²) in [6.07, 6.45) is -1.08. The summed E-state index contributed by atoms with van der Waals surface area (Å²) in [7, 11) is 0. The van der Waals surface area contributed by atoms with E-state index in [0.29, 0.717) is 0 Å². The summed E-state index contributed by atoms with van der Waals surface area (Å²) < 4.78 is 4.88. The number of carbonyl (C=O) groups is 1. The summed E-state index contributed by atoms with van der Waals surface area (Å²) >= 11 is 0. The largest absolute Gasteiger partial charge is 0.339 e. The van der Waals surface area contributed by atoms with E-state index in [1.54, 1.807) is 13.8 Å². The third-order valence-corrected chi connectivity index (χ3v) is 0.707. The number of carbonyl (C=O) groups excluding carboxylic acids is 1. The Kier molecular flexibility index (Phi) is 4.76. The Labute approximate surface area is 65.3 Å². The van der Waals surface area contributed by atoms with Crippen LogP contribution in [0.1, 0.15) is 20.8 Å². The number of hydrogen-bond acceptors (Lipinski definition) is 5. The fraction of sp³-hybridized carbons (Fsp3) is 0.833. The van der Waals surface area contributed by atoms with Crippen molar-refractivity contribution in [2.24, 2.45) is 5.73 Å². The second-order valence-corrected chi connectivity index (χ2v) is 2.08. The lowest BCUT2D eigenvalue weighted by Crippen LogP contribution is -2.27. The Morgan fingerprint density at radius 2 is 2.00 bits per heavy atom. The molecule has 0 radical (unpaired) electrons. The second-order valence-electron chi connectivity index (χ2n) is 2.08. The first-order valence-corrected chi connectivity index (χ1v) is 3.27. The van der Waals surface area contributed by atoms with Gasteiger partial charge in [0, 0.05) is 6.92 Å². The minimum Gasteiger partial charge on any atom is -0.331 e. The number of ether oxygens (including phenoxy) is 1.